The first-order valence-corrected chi connectivity index (χ1v) is 8.02. The van der Waals surface area contributed by atoms with Gasteiger partial charge < -0.3 is 10.6 Å². The quantitative estimate of drug-likeness (QED) is 0.822. The van der Waals surface area contributed by atoms with Crippen molar-refractivity contribution in [3.63, 3.8) is 0 Å². The molecule has 0 aromatic carbocycles. The Kier molecular flexibility index (Phi) is 4.35. The second-order valence-corrected chi connectivity index (χ2v) is 6.25. The highest BCUT2D eigenvalue weighted by atomic mass is 35.5. The largest absolute Gasteiger partial charge is 0.324 e. The van der Waals surface area contributed by atoms with E-state index in [1.807, 2.05) is 0 Å². The van der Waals surface area contributed by atoms with Gasteiger partial charge in [-0.2, -0.15) is 0 Å². The molecule has 2 amide bonds. The lowest BCUT2D eigenvalue weighted by Crippen LogP contribution is -2.15. The van der Waals surface area contributed by atoms with E-state index in [-0.39, 0.29) is 24.2 Å². The van der Waals surface area contributed by atoms with Crippen LogP contribution in [0.5, 0.6) is 0 Å². The van der Waals surface area contributed by atoms with Crippen LogP contribution in [0.1, 0.15) is 18.5 Å². The first kappa shape index (κ1) is 14.9. The molecule has 1 fully saturated rings. The average Bonchev–Trinajstić information content (AvgIpc) is 3.25. The second kappa shape index (κ2) is 6.41. The number of nitrogens with one attached hydrogen (secondary N) is 2. The van der Waals surface area contributed by atoms with Crippen molar-refractivity contribution in [3.05, 3.63) is 34.6 Å². The van der Waals surface area contributed by atoms with Crippen molar-refractivity contribution in [3.8, 4) is 0 Å². The Hall–Kier alpha value is -1.99. The van der Waals surface area contributed by atoms with Crippen LogP contribution in [0.2, 0.25) is 5.15 Å². The van der Waals surface area contributed by atoms with Crippen molar-refractivity contribution in [1.82, 2.24) is 9.97 Å². The first-order chi connectivity index (χ1) is 10.6. The number of pyridine rings is 1. The fraction of sp³-hybridized carbons (Fsp3) is 0.286. The van der Waals surface area contributed by atoms with Crippen molar-refractivity contribution < 1.29 is 9.59 Å². The Morgan fingerprint density at radius 2 is 2.14 bits per heavy atom. The second-order valence-electron chi connectivity index (χ2n) is 5.00. The zero-order valence-electron chi connectivity index (χ0n) is 11.5. The van der Waals surface area contributed by atoms with Crippen LogP contribution in [0.3, 0.4) is 0 Å². The number of aromatic nitrogens is 2. The van der Waals surface area contributed by atoms with Crippen LogP contribution < -0.4 is 10.6 Å². The smallest absolute Gasteiger partial charge is 0.230 e. The third-order valence-electron chi connectivity index (χ3n) is 3.08. The van der Waals surface area contributed by atoms with E-state index in [2.05, 4.69) is 20.6 Å². The van der Waals surface area contributed by atoms with Gasteiger partial charge in [0.15, 0.2) is 5.13 Å². The van der Waals surface area contributed by atoms with E-state index in [1.165, 1.54) is 17.5 Å². The van der Waals surface area contributed by atoms with Crippen molar-refractivity contribution in [1.29, 1.82) is 0 Å². The van der Waals surface area contributed by atoms with Crippen molar-refractivity contribution in [2.24, 2.45) is 5.92 Å². The van der Waals surface area contributed by atoms with E-state index in [1.54, 1.807) is 17.5 Å². The molecule has 6 nitrogen and oxygen atoms in total. The number of carbonyl (C=O) groups is 2. The number of nitrogens with zero attached hydrogens (tertiary/aromatic N) is 2. The number of thiazole rings is 1. The summed E-state index contributed by atoms with van der Waals surface area (Å²) in [6, 6.07) is 3.28. The van der Waals surface area contributed by atoms with Gasteiger partial charge in [-0.3, -0.25) is 9.59 Å². The molecule has 0 aliphatic heterocycles. The molecule has 3 rings (SSSR count). The number of carbonyl (C=O) groups excluding carboxylic acids is 2. The van der Waals surface area contributed by atoms with E-state index in [0.29, 0.717) is 21.7 Å². The van der Waals surface area contributed by atoms with Gasteiger partial charge in [-0.15, -0.1) is 11.3 Å². The molecule has 2 N–H and O–H groups in total. The van der Waals surface area contributed by atoms with Crippen LogP contribution in [-0.2, 0) is 16.0 Å². The first-order valence-electron chi connectivity index (χ1n) is 6.77. The lowest BCUT2D eigenvalue weighted by molar-refractivity contribution is -0.117. The molecule has 2 aromatic heterocycles. The van der Waals surface area contributed by atoms with Crippen LogP contribution in [0.25, 0.3) is 0 Å². The molecular weight excluding hydrogens is 324 g/mol. The molecule has 22 heavy (non-hydrogen) atoms. The lowest BCUT2D eigenvalue weighted by atomic mass is 10.3. The molecule has 0 atom stereocenters. The highest BCUT2D eigenvalue weighted by Crippen LogP contribution is 2.30. The summed E-state index contributed by atoms with van der Waals surface area (Å²) in [5, 5.41) is 8.15. The highest BCUT2D eigenvalue weighted by molar-refractivity contribution is 7.13. The Morgan fingerprint density at radius 1 is 1.32 bits per heavy atom. The standard InChI is InChI=1S/C14H13ClN4O2S/c15-11-4-3-9(6-16-11)17-12(20)5-10-7-22-14(18-10)19-13(21)8-1-2-8/h3-4,6-8H,1-2,5H2,(H,17,20)(H,18,19,21). The normalized spacial score (nSPS) is 13.7. The van der Waals surface area contributed by atoms with Gasteiger partial charge in [0.2, 0.25) is 11.8 Å². The fourth-order valence-corrected chi connectivity index (χ4v) is 2.64. The van der Waals surface area contributed by atoms with E-state index in [9.17, 15) is 9.59 Å². The zero-order chi connectivity index (χ0) is 15.5. The van der Waals surface area contributed by atoms with Crippen molar-refractivity contribution in [2.45, 2.75) is 19.3 Å². The monoisotopic (exact) mass is 336 g/mol. The summed E-state index contributed by atoms with van der Waals surface area (Å²) in [7, 11) is 0. The summed E-state index contributed by atoms with van der Waals surface area (Å²) in [5.74, 6) is -0.0554. The topological polar surface area (TPSA) is 84.0 Å². The van der Waals surface area contributed by atoms with Crippen LogP contribution in [-0.4, -0.2) is 21.8 Å². The number of amides is 2. The summed E-state index contributed by atoms with van der Waals surface area (Å²) in [6.45, 7) is 0. The Bertz CT molecular complexity index is 697. The Morgan fingerprint density at radius 3 is 2.82 bits per heavy atom. The van der Waals surface area contributed by atoms with Crippen LogP contribution >= 0.6 is 22.9 Å². The van der Waals surface area contributed by atoms with Crippen LogP contribution in [0.4, 0.5) is 10.8 Å². The minimum absolute atomic E-state index is 0.0117. The van der Waals surface area contributed by atoms with Crippen LogP contribution in [0.15, 0.2) is 23.7 Å². The number of hydrogen-bond acceptors (Lipinski definition) is 5. The van der Waals surface area contributed by atoms with Crippen LogP contribution in [0, 0.1) is 5.92 Å². The summed E-state index contributed by atoms with van der Waals surface area (Å²) < 4.78 is 0. The summed E-state index contributed by atoms with van der Waals surface area (Å²) in [6.07, 6.45) is 3.52. The Balaban J connectivity index is 1.53. The predicted octanol–water partition coefficient (Wildman–Crippen LogP) is 2.72. The fourth-order valence-electron chi connectivity index (χ4n) is 1.82. The Labute approximate surface area is 135 Å². The molecule has 114 valence electrons. The highest BCUT2D eigenvalue weighted by Gasteiger charge is 2.30. The molecule has 0 radical (unpaired) electrons. The van der Waals surface area contributed by atoms with Crippen molar-refractivity contribution in [2.75, 3.05) is 10.6 Å². The van der Waals surface area contributed by atoms with E-state index >= 15 is 0 Å². The molecule has 8 heteroatoms. The number of anilines is 2. The molecule has 2 aromatic rings. The van der Waals surface area contributed by atoms with Crippen molar-refractivity contribution >= 4 is 45.6 Å². The van der Waals surface area contributed by atoms with Gasteiger partial charge in [-0.25, -0.2) is 9.97 Å². The molecule has 0 bridgehead atoms. The van der Waals surface area contributed by atoms with E-state index < -0.39 is 0 Å². The maximum atomic E-state index is 11.9. The summed E-state index contributed by atoms with van der Waals surface area (Å²) in [4.78, 5) is 31.7. The molecule has 0 unspecified atom stereocenters. The SMILES string of the molecule is O=C(Cc1csc(NC(=O)C2CC2)n1)Nc1ccc(Cl)nc1. The predicted molar refractivity (Wildman–Crippen MR) is 85.0 cm³/mol. The minimum atomic E-state index is -0.200. The molecule has 0 saturated heterocycles. The van der Waals surface area contributed by atoms with E-state index in [4.69, 9.17) is 11.6 Å². The number of halogens is 1. The summed E-state index contributed by atoms with van der Waals surface area (Å²) >= 11 is 7.00. The third-order valence-corrected chi connectivity index (χ3v) is 4.11. The van der Waals surface area contributed by atoms with Gasteiger partial charge in [0.05, 0.1) is 24.0 Å². The van der Waals surface area contributed by atoms with Gasteiger partial charge in [-0.05, 0) is 25.0 Å². The maximum Gasteiger partial charge on any atom is 0.230 e. The van der Waals surface area contributed by atoms with Gasteiger partial charge in [0, 0.05) is 11.3 Å². The lowest BCUT2D eigenvalue weighted by Gasteiger charge is -2.03. The molecule has 0 spiro atoms. The average molecular weight is 337 g/mol. The molecular formula is C14H13ClN4O2S. The molecule has 2 heterocycles. The van der Waals surface area contributed by atoms with E-state index in [0.717, 1.165) is 12.8 Å². The maximum absolute atomic E-state index is 11.9. The molecule has 1 saturated carbocycles. The van der Waals surface area contributed by atoms with Gasteiger partial charge >= 0.3 is 0 Å². The minimum Gasteiger partial charge on any atom is -0.324 e. The number of hydrogen-bond donors (Lipinski definition) is 2. The number of rotatable bonds is 5. The van der Waals surface area contributed by atoms with Gasteiger partial charge in [0.25, 0.3) is 0 Å². The van der Waals surface area contributed by atoms with Gasteiger partial charge in [-0.1, -0.05) is 11.6 Å². The molecule has 1 aliphatic rings. The molecule has 1 aliphatic carbocycles. The van der Waals surface area contributed by atoms with Gasteiger partial charge in [0.1, 0.15) is 5.15 Å². The zero-order valence-corrected chi connectivity index (χ0v) is 13.1. The third kappa shape index (κ3) is 4.02. The summed E-state index contributed by atoms with van der Waals surface area (Å²) in [5.41, 5.74) is 1.20.